The minimum atomic E-state index is -3.73. The first-order valence-corrected chi connectivity index (χ1v) is 7.78. The summed E-state index contributed by atoms with van der Waals surface area (Å²) in [5, 5.41) is 10.9. The van der Waals surface area contributed by atoms with Crippen LogP contribution in [-0.2, 0) is 10.0 Å². The predicted octanol–water partition coefficient (Wildman–Crippen LogP) is 1.02. The first-order chi connectivity index (χ1) is 9.34. The van der Waals surface area contributed by atoms with Crippen molar-refractivity contribution >= 4 is 15.7 Å². The topological polar surface area (TPSA) is 107 Å². The summed E-state index contributed by atoms with van der Waals surface area (Å²) >= 11 is 0. The molecule has 20 heavy (non-hydrogen) atoms. The first-order valence-electron chi connectivity index (χ1n) is 6.34. The van der Waals surface area contributed by atoms with Crippen LogP contribution >= 0.6 is 0 Å². The molecule has 2 N–H and O–H groups in total. The highest BCUT2D eigenvalue weighted by Gasteiger charge is 2.31. The highest BCUT2D eigenvalue weighted by molar-refractivity contribution is 7.89. The van der Waals surface area contributed by atoms with Crippen molar-refractivity contribution < 1.29 is 13.3 Å². The van der Waals surface area contributed by atoms with Gasteiger partial charge in [0, 0.05) is 30.8 Å². The Balaban J connectivity index is 2.44. The van der Waals surface area contributed by atoms with Gasteiger partial charge in [-0.25, -0.2) is 8.42 Å². The lowest BCUT2D eigenvalue weighted by Gasteiger charge is -2.30. The van der Waals surface area contributed by atoms with Gasteiger partial charge in [-0.15, -0.1) is 0 Å². The zero-order chi connectivity index (χ0) is 14.9. The van der Waals surface area contributed by atoms with Crippen LogP contribution in [0.25, 0.3) is 0 Å². The van der Waals surface area contributed by atoms with E-state index in [4.69, 9.17) is 5.73 Å². The van der Waals surface area contributed by atoms with Crippen LogP contribution in [0.2, 0.25) is 0 Å². The van der Waals surface area contributed by atoms with Gasteiger partial charge in [-0.2, -0.15) is 4.31 Å². The van der Waals surface area contributed by atoms with E-state index in [0.717, 1.165) is 6.42 Å². The molecule has 0 spiro atoms. The second-order valence-electron chi connectivity index (χ2n) is 4.92. The fraction of sp³-hybridized carbons (Fsp3) is 0.500. The Labute approximate surface area is 117 Å². The zero-order valence-electron chi connectivity index (χ0n) is 11.2. The minimum absolute atomic E-state index is 0.0131. The van der Waals surface area contributed by atoms with Crippen molar-refractivity contribution in [2.45, 2.75) is 30.7 Å². The highest BCUT2D eigenvalue weighted by atomic mass is 32.2. The summed E-state index contributed by atoms with van der Waals surface area (Å²) in [6.07, 6.45) is 1.49. The third kappa shape index (κ3) is 2.67. The van der Waals surface area contributed by atoms with Crippen molar-refractivity contribution in [1.29, 1.82) is 0 Å². The van der Waals surface area contributed by atoms with Crippen molar-refractivity contribution in [3.05, 3.63) is 33.9 Å². The van der Waals surface area contributed by atoms with E-state index < -0.39 is 14.9 Å². The molecule has 1 saturated heterocycles. The zero-order valence-corrected chi connectivity index (χ0v) is 12.0. The minimum Gasteiger partial charge on any atom is -0.327 e. The lowest BCUT2D eigenvalue weighted by Crippen LogP contribution is -2.45. The van der Waals surface area contributed by atoms with Gasteiger partial charge in [0.1, 0.15) is 0 Å². The van der Waals surface area contributed by atoms with Crippen molar-refractivity contribution in [3.8, 4) is 0 Å². The van der Waals surface area contributed by atoms with Crippen molar-refractivity contribution in [1.82, 2.24) is 4.31 Å². The van der Waals surface area contributed by atoms with Crippen LogP contribution in [0.5, 0.6) is 0 Å². The molecule has 0 unspecified atom stereocenters. The van der Waals surface area contributed by atoms with Gasteiger partial charge < -0.3 is 5.73 Å². The molecule has 1 aromatic carbocycles. The smallest absolute Gasteiger partial charge is 0.273 e. The fourth-order valence-electron chi connectivity index (χ4n) is 2.41. The fourth-order valence-corrected chi connectivity index (χ4v) is 4.19. The van der Waals surface area contributed by atoms with Crippen LogP contribution in [0, 0.1) is 17.0 Å². The van der Waals surface area contributed by atoms with Crippen LogP contribution in [0.3, 0.4) is 0 Å². The van der Waals surface area contributed by atoms with Gasteiger partial charge in [0.2, 0.25) is 10.0 Å². The maximum Gasteiger partial charge on any atom is 0.273 e. The van der Waals surface area contributed by atoms with Gasteiger partial charge in [0.25, 0.3) is 5.69 Å². The molecule has 110 valence electrons. The average molecular weight is 299 g/mol. The molecule has 1 aromatic rings. The van der Waals surface area contributed by atoms with E-state index in [1.54, 1.807) is 0 Å². The molecule has 0 bridgehead atoms. The molecule has 1 atom stereocenters. The number of nitro groups is 1. The summed E-state index contributed by atoms with van der Waals surface area (Å²) in [4.78, 5) is 10.3. The lowest BCUT2D eigenvalue weighted by atomic mass is 10.1. The van der Waals surface area contributed by atoms with E-state index in [9.17, 15) is 18.5 Å². The number of piperidine rings is 1. The van der Waals surface area contributed by atoms with Gasteiger partial charge in [-0.3, -0.25) is 10.1 Å². The number of nitrogens with two attached hydrogens (primary N) is 1. The third-order valence-corrected chi connectivity index (χ3v) is 5.50. The normalized spacial score (nSPS) is 20.8. The molecule has 2 rings (SSSR count). The number of sulfonamides is 1. The Morgan fingerprint density at radius 3 is 2.75 bits per heavy atom. The molecule has 0 saturated carbocycles. The summed E-state index contributed by atoms with van der Waals surface area (Å²) in [5.74, 6) is 0. The van der Waals surface area contributed by atoms with E-state index in [2.05, 4.69) is 0 Å². The Morgan fingerprint density at radius 1 is 1.45 bits per heavy atom. The number of hydrogen-bond donors (Lipinski definition) is 1. The third-order valence-electron chi connectivity index (χ3n) is 3.49. The van der Waals surface area contributed by atoms with Crippen LogP contribution < -0.4 is 5.73 Å². The van der Waals surface area contributed by atoms with Gasteiger partial charge in [0.05, 0.1) is 9.82 Å². The Bertz CT molecular complexity index is 630. The molecule has 0 aliphatic carbocycles. The molecule has 0 aromatic heterocycles. The van der Waals surface area contributed by atoms with Crippen molar-refractivity contribution in [3.63, 3.8) is 0 Å². The SMILES string of the molecule is Cc1c([N+](=O)[O-])cccc1S(=O)(=O)N1CCC[C@@H](N)C1. The van der Waals surface area contributed by atoms with Crippen molar-refractivity contribution in [2.75, 3.05) is 13.1 Å². The van der Waals surface area contributed by atoms with E-state index in [1.807, 2.05) is 0 Å². The molecule has 7 nitrogen and oxygen atoms in total. The molecular weight excluding hydrogens is 282 g/mol. The second-order valence-corrected chi connectivity index (χ2v) is 6.83. The second kappa shape index (κ2) is 5.47. The molecule has 1 fully saturated rings. The van der Waals surface area contributed by atoms with Gasteiger partial charge in [0.15, 0.2) is 0 Å². The maximum absolute atomic E-state index is 12.6. The molecule has 0 amide bonds. The molecule has 1 aliphatic rings. The van der Waals surface area contributed by atoms with Gasteiger partial charge in [-0.1, -0.05) is 6.07 Å². The highest BCUT2D eigenvalue weighted by Crippen LogP contribution is 2.28. The number of nitrogens with zero attached hydrogens (tertiary/aromatic N) is 2. The molecule has 8 heteroatoms. The van der Waals surface area contributed by atoms with Crippen LogP contribution in [0.1, 0.15) is 18.4 Å². The van der Waals surface area contributed by atoms with E-state index in [1.165, 1.54) is 29.4 Å². The summed E-state index contributed by atoms with van der Waals surface area (Å²) in [6.45, 7) is 2.11. The summed E-state index contributed by atoms with van der Waals surface area (Å²) in [6, 6.07) is 3.91. The summed E-state index contributed by atoms with van der Waals surface area (Å²) < 4.78 is 26.5. The van der Waals surface area contributed by atoms with Crippen LogP contribution in [-0.4, -0.2) is 36.8 Å². The lowest BCUT2D eigenvalue weighted by molar-refractivity contribution is -0.385. The predicted molar refractivity (Wildman–Crippen MR) is 73.8 cm³/mol. The number of rotatable bonds is 3. The Kier molecular flexibility index (Phi) is 4.07. The average Bonchev–Trinajstić information content (AvgIpc) is 2.38. The van der Waals surface area contributed by atoms with E-state index >= 15 is 0 Å². The summed E-state index contributed by atoms with van der Waals surface area (Å²) in [7, 11) is -3.73. The quantitative estimate of drug-likeness (QED) is 0.662. The van der Waals surface area contributed by atoms with Crippen molar-refractivity contribution in [2.24, 2.45) is 5.73 Å². The van der Waals surface area contributed by atoms with Crippen LogP contribution in [0.4, 0.5) is 5.69 Å². The van der Waals surface area contributed by atoms with E-state index in [-0.39, 0.29) is 28.7 Å². The molecular formula is C12H17N3O4S. The maximum atomic E-state index is 12.6. The van der Waals surface area contributed by atoms with Gasteiger partial charge >= 0.3 is 0 Å². The largest absolute Gasteiger partial charge is 0.327 e. The Morgan fingerprint density at radius 2 is 2.15 bits per heavy atom. The Hall–Kier alpha value is -1.51. The van der Waals surface area contributed by atoms with E-state index in [0.29, 0.717) is 13.0 Å². The monoisotopic (exact) mass is 299 g/mol. The first kappa shape index (κ1) is 14.9. The molecule has 1 aliphatic heterocycles. The molecule has 1 heterocycles. The number of nitro benzene ring substituents is 1. The van der Waals surface area contributed by atoms with Gasteiger partial charge in [-0.05, 0) is 25.8 Å². The molecule has 0 radical (unpaired) electrons. The number of benzene rings is 1. The van der Waals surface area contributed by atoms with Crippen LogP contribution in [0.15, 0.2) is 23.1 Å². The number of hydrogen-bond acceptors (Lipinski definition) is 5. The standard InChI is InChI=1S/C12H17N3O4S/c1-9-11(15(16)17)5-2-6-12(9)20(18,19)14-7-3-4-10(13)8-14/h2,5-6,10H,3-4,7-8,13H2,1H3/t10-/m1/s1. The summed E-state index contributed by atoms with van der Waals surface area (Å²) in [5.41, 5.74) is 5.78.